The summed E-state index contributed by atoms with van der Waals surface area (Å²) in [5, 5.41) is 0. The molecule has 1 aromatic carbocycles. The molecule has 0 radical (unpaired) electrons. The van der Waals surface area contributed by atoms with Crippen LogP contribution < -0.4 is 11.3 Å². The van der Waals surface area contributed by atoms with Gasteiger partial charge in [0.2, 0.25) is 0 Å². The Morgan fingerprint density at radius 3 is 2.74 bits per heavy atom. The second kappa shape index (κ2) is 8.27. The number of halogens is 1. The first-order valence-electron chi connectivity index (χ1n) is 6.03. The van der Waals surface area contributed by atoms with Crippen LogP contribution in [0, 0.1) is 0 Å². The van der Waals surface area contributed by atoms with E-state index in [9.17, 15) is 4.79 Å². The molecule has 3 N–H and O–H groups in total. The van der Waals surface area contributed by atoms with Gasteiger partial charge in [0.15, 0.2) is 0 Å². The molecule has 0 heterocycles. The summed E-state index contributed by atoms with van der Waals surface area (Å²) in [6, 6.07) is 5.25. The first kappa shape index (κ1) is 16.1. The molecule has 0 aliphatic carbocycles. The maximum Gasteiger partial charge on any atom is 0.265 e. The Hall–Kier alpha value is -0.950. The number of hydrogen-bond donors (Lipinski definition) is 2. The van der Waals surface area contributed by atoms with Gasteiger partial charge in [0.05, 0.1) is 25.9 Å². The van der Waals surface area contributed by atoms with E-state index in [2.05, 4.69) is 21.4 Å². The molecule has 1 amide bonds. The normalized spacial score (nSPS) is 10.8. The van der Waals surface area contributed by atoms with Crippen molar-refractivity contribution in [1.29, 1.82) is 0 Å². The highest BCUT2D eigenvalue weighted by atomic mass is 79.9. The molecule has 19 heavy (non-hydrogen) atoms. The summed E-state index contributed by atoms with van der Waals surface area (Å²) in [5.41, 5.74) is 3.56. The molecule has 0 spiro atoms. The molecule has 5 nitrogen and oxygen atoms in total. The summed E-state index contributed by atoms with van der Waals surface area (Å²) in [6.45, 7) is 5.54. The van der Waals surface area contributed by atoms with E-state index in [0.717, 1.165) is 10.0 Å². The van der Waals surface area contributed by atoms with Gasteiger partial charge < -0.3 is 9.47 Å². The average molecular weight is 331 g/mol. The zero-order chi connectivity index (χ0) is 14.3. The topological polar surface area (TPSA) is 73.6 Å². The van der Waals surface area contributed by atoms with E-state index in [4.69, 9.17) is 15.3 Å². The third-order valence-corrected chi connectivity index (χ3v) is 3.12. The van der Waals surface area contributed by atoms with Crippen molar-refractivity contribution in [2.24, 2.45) is 5.84 Å². The summed E-state index contributed by atoms with van der Waals surface area (Å²) < 4.78 is 11.7. The maximum absolute atomic E-state index is 11.3. The van der Waals surface area contributed by atoms with Gasteiger partial charge in [-0.25, -0.2) is 5.84 Å². The van der Waals surface area contributed by atoms with Crippen LogP contribution in [0.25, 0.3) is 0 Å². The Bertz CT molecular complexity index is 424. The molecule has 106 valence electrons. The summed E-state index contributed by atoms with van der Waals surface area (Å²) in [7, 11) is 0. The van der Waals surface area contributed by atoms with Gasteiger partial charge >= 0.3 is 0 Å². The zero-order valence-corrected chi connectivity index (χ0v) is 12.7. The number of amides is 1. The fraction of sp³-hybridized carbons (Fsp3) is 0.462. The minimum atomic E-state index is -0.321. The molecule has 1 rings (SSSR count). The maximum atomic E-state index is 11.3. The number of nitrogens with one attached hydrogen (secondary N) is 1. The molecule has 0 atom stereocenters. The Balaban J connectivity index is 2.44. The van der Waals surface area contributed by atoms with Crippen molar-refractivity contribution in [2.75, 3.05) is 13.2 Å². The van der Waals surface area contributed by atoms with Crippen LogP contribution in [0.1, 0.15) is 29.8 Å². The first-order chi connectivity index (χ1) is 9.04. The third kappa shape index (κ3) is 5.69. The molecule has 6 heteroatoms. The first-order valence-corrected chi connectivity index (χ1v) is 6.82. The van der Waals surface area contributed by atoms with Gasteiger partial charge in [0, 0.05) is 10.0 Å². The number of nitrogens with two attached hydrogens (primary N) is 1. The Morgan fingerprint density at radius 1 is 1.42 bits per heavy atom. The Morgan fingerprint density at radius 2 is 2.16 bits per heavy atom. The van der Waals surface area contributed by atoms with Crippen LogP contribution in [-0.2, 0) is 16.1 Å². The van der Waals surface area contributed by atoms with Crippen molar-refractivity contribution >= 4 is 21.8 Å². The summed E-state index contributed by atoms with van der Waals surface area (Å²) in [4.78, 5) is 11.3. The second-order valence-electron chi connectivity index (χ2n) is 4.25. The van der Waals surface area contributed by atoms with E-state index in [-0.39, 0.29) is 12.0 Å². The molecule has 0 unspecified atom stereocenters. The van der Waals surface area contributed by atoms with Crippen molar-refractivity contribution in [3.63, 3.8) is 0 Å². The molecule has 1 aromatic rings. The largest absolute Gasteiger partial charge is 0.376 e. The van der Waals surface area contributed by atoms with Crippen LogP contribution in [0.3, 0.4) is 0 Å². The summed E-state index contributed by atoms with van der Waals surface area (Å²) in [5.74, 6) is 4.76. The van der Waals surface area contributed by atoms with E-state index < -0.39 is 0 Å². The standard InChI is InChI=1S/C13H19BrN2O3/c1-9(2)19-6-5-18-8-11-4-3-10(7-12(11)14)13(17)16-15/h3-4,7,9H,5-6,8,15H2,1-2H3,(H,16,17). The highest BCUT2D eigenvalue weighted by Crippen LogP contribution is 2.19. The Labute approximate surface area is 121 Å². The lowest BCUT2D eigenvalue weighted by molar-refractivity contribution is 0.0142. The monoisotopic (exact) mass is 330 g/mol. The van der Waals surface area contributed by atoms with Gasteiger partial charge in [-0.15, -0.1) is 0 Å². The van der Waals surface area contributed by atoms with Crippen molar-refractivity contribution in [2.45, 2.75) is 26.6 Å². The highest BCUT2D eigenvalue weighted by molar-refractivity contribution is 9.10. The number of hydrazine groups is 1. The lowest BCUT2D eigenvalue weighted by Gasteiger charge is -2.10. The highest BCUT2D eigenvalue weighted by Gasteiger charge is 2.07. The minimum Gasteiger partial charge on any atom is -0.376 e. The number of ether oxygens (including phenoxy) is 2. The van der Waals surface area contributed by atoms with Crippen molar-refractivity contribution in [1.82, 2.24) is 5.43 Å². The van der Waals surface area contributed by atoms with Crippen LogP contribution in [0.2, 0.25) is 0 Å². The molecule has 0 bridgehead atoms. The molecule has 0 saturated heterocycles. The summed E-state index contributed by atoms with van der Waals surface area (Å²) >= 11 is 3.40. The number of hydrogen-bond acceptors (Lipinski definition) is 4. The van der Waals surface area contributed by atoms with Gasteiger partial charge in [-0.3, -0.25) is 10.2 Å². The van der Waals surface area contributed by atoms with Crippen LogP contribution in [-0.4, -0.2) is 25.2 Å². The van der Waals surface area contributed by atoms with E-state index in [1.807, 2.05) is 19.9 Å². The smallest absolute Gasteiger partial charge is 0.265 e. The molecule has 0 aliphatic rings. The molecular weight excluding hydrogens is 312 g/mol. The van der Waals surface area contributed by atoms with Crippen LogP contribution in [0.5, 0.6) is 0 Å². The molecule has 0 aliphatic heterocycles. The predicted octanol–water partition coefficient (Wildman–Crippen LogP) is 1.99. The van der Waals surface area contributed by atoms with Crippen LogP contribution in [0.15, 0.2) is 22.7 Å². The van der Waals surface area contributed by atoms with Crippen molar-refractivity contribution < 1.29 is 14.3 Å². The van der Waals surface area contributed by atoms with Gasteiger partial charge in [0.25, 0.3) is 5.91 Å². The zero-order valence-electron chi connectivity index (χ0n) is 11.1. The molecule has 0 saturated carbocycles. The molecular formula is C13H19BrN2O3. The fourth-order valence-electron chi connectivity index (χ4n) is 1.41. The second-order valence-corrected chi connectivity index (χ2v) is 5.11. The van der Waals surface area contributed by atoms with Crippen molar-refractivity contribution in [3.8, 4) is 0 Å². The van der Waals surface area contributed by atoms with Gasteiger partial charge in [-0.2, -0.15) is 0 Å². The van der Waals surface area contributed by atoms with Gasteiger partial charge in [-0.05, 0) is 31.5 Å². The lowest BCUT2D eigenvalue weighted by Crippen LogP contribution is -2.29. The SMILES string of the molecule is CC(C)OCCOCc1ccc(C(=O)NN)cc1Br. The van der Waals surface area contributed by atoms with Crippen LogP contribution in [0.4, 0.5) is 0 Å². The number of rotatable bonds is 7. The quantitative estimate of drug-likeness (QED) is 0.347. The van der Waals surface area contributed by atoms with Crippen LogP contribution >= 0.6 is 15.9 Å². The number of carbonyl (C=O) groups is 1. The van der Waals surface area contributed by atoms with Crippen molar-refractivity contribution in [3.05, 3.63) is 33.8 Å². The molecule has 0 aromatic heterocycles. The van der Waals surface area contributed by atoms with E-state index in [1.165, 1.54) is 0 Å². The number of carbonyl (C=O) groups excluding carboxylic acids is 1. The van der Waals surface area contributed by atoms with E-state index >= 15 is 0 Å². The minimum absolute atomic E-state index is 0.212. The van der Waals surface area contributed by atoms with Gasteiger partial charge in [-0.1, -0.05) is 22.0 Å². The van der Waals surface area contributed by atoms with E-state index in [1.54, 1.807) is 12.1 Å². The van der Waals surface area contributed by atoms with Gasteiger partial charge in [0.1, 0.15) is 0 Å². The van der Waals surface area contributed by atoms with E-state index in [0.29, 0.717) is 25.4 Å². The number of benzene rings is 1. The fourth-order valence-corrected chi connectivity index (χ4v) is 1.91. The predicted molar refractivity (Wildman–Crippen MR) is 76.5 cm³/mol. The third-order valence-electron chi connectivity index (χ3n) is 2.38. The molecule has 0 fully saturated rings. The average Bonchev–Trinajstić information content (AvgIpc) is 2.38. The Kier molecular flexibility index (Phi) is 7.01. The summed E-state index contributed by atoms with van der Waals surface area (Å²) in [6.07, 6.45) is 0.212. The number of nitrogen functional groups attached to an aromatic ring is 1. The lowest BCUT2D eigenvalue weighted by atomic mass is 10.1.